The number of carbonyl (C=O) groups is 1. The van der Waals surface area contributed by atoms with Gasteiger partial charge in [-0.1, -0.05) is 0 Å². The maximum atomic E-state index is 11.2. The van der Waals surface area contributed by atoms with Crippen molar-refractivity contribution in [2.45, 2.75) is 26.8 Å². The monoisotopic (exact) mass is 207 g/mol. The van der Waals surface area contributed by atoms with E-state index in [-0.39, 0.29) is 17.8 Å². The highest BCUT2D eigenvalue weighted by molar-refractivity contribution is 5.92. The number of rotatable bonds is 0. The van der Waals surface area contributed by atoms with Crippen LogP contribution in [0.5, 0.6) is 5.75 Å². The Morgan fingerprint density at radius 1 is 1.40 bits per heavy atom. The first-order valence-corrected chi connectivity index (χ1v) is 4.78. The zero-order valence-electron chi connectivity index (χ0n) is 8.88. The smallest absolute Gasteiger partial charge is 0.320 e. The van der Waals surface area contributed by atoms with E-state index in [1.54, 1.807) is 6.92 Å². The number of nitrogens with zero attached hydrogens (tertiary/aromatic N) is 1. The van der Waals surface area contributed by atoms with Gasteiger partial charge < -0.3 is 10.4 Å². The van der Waals surface area contributed by atoms with Crippen LogP contribution < -0.4 is 10.6 Å². The number of hydrogen-bond donors (Lipinski definition) is 3. The summed E-state index contributed by atoms with van der Waals surface area (Å²) in [4.78, 5) is 15.4. The van der Waals surface area contributed by atoms with Crippen molar-refractivity contribution in [1.82, 2.24) is 10.3 Å². The lowest BCUT2D eigenvalue weighted by atomic mass is 10.0. The van der Waals surface area contributed by atoms with Gasteiger partial charge in [0.15, 0.2) is 0 Å². The van der Waals surface area contributed by atoms with Gasteiger partial charge in [0.2, 0.25) is 0 Å². The molecule has 0 spiro atoms. The lowest BCUT2D eigenvalue weighted by molar-refractivity contribution is 0.248. The minimum Gasteiger partial charge on any atom is -0.506 e. The Balaban J connectivity index is 2.65. The maximum Gasteiger partial charge on any atom is 0.320 e. The first-order valence-electron chi connectivity index (χ1n) is 4.78. The second-order valence-electron chi connectivity index (χ2n) is 3.75. The lowest BCUT2D eigenvalue weighted by Gasteiger charge is -2.26. The number of hydrogen-bond acceptors (Lipinski definition) is 3. The van der Waals surface area contributed by atoms with E-state index in [1.165, 1.54) is 0 Å². The molecule has 0 saturated heterocycles. The van der Waals surface area contributed by atoms with Crippen LogP contribution in [0.4, 0.5) is 10.6 Å². The Hall–Kier alpha value is -1.78. The number of fused-ring (bicyclic) bond motifs is 1. The third kappa shape index (κ3) is 1.40. The summed E-state index contributed by atoms with van der Waals surface area (Å²) in [7, 11) is 0. The van der Waals surface area contributed by atoms with Gasteiger partial charge in [0, 0.05) is 11.1 Å². The minimum atomic E-state index is -0.257. The molecule has 5 nitrogen and oxygen atoms in total. The van der Waals surface area contributed by atoms with E-state index in [4.69, 9.17) is 0 Å². The summed E-state index contributed by atoms with van der Waals surface area (Å²) in [6, 6.07) is -0.389. The van der Waals surface area contributed by atoms with Crippen LogP contribution in [0, 0.1) is 13.8 Å². The van der Waals surface area contributed by atoms with Crippen LogP contribution in [0.2, 0.25) is 0 Å². The summed E-state index contributed by atoms with van der Waals surface area (Å²) in [5.74, 6) is 0.734. The van der Waals surface area contributed by atoms with Crippen molar-refractivity contribution in [2.75, 3.05) is 5.32 Å². The summed E-state index contributed by atoms with van der Waals surface area (Å²) < 4.78 is 0. The van der Waals surface area contributed by atoms with Gasteiger partial charge in [0.05, 0.1) is 11.7 Å². The van der Waals surface area contributed by atoms with Crippen LogP contribution in [-0.4, -0.2) is 16.1 Å². The second-order valence-corrected chi connectivity index (χ2v) is 3.75. The first-order chi connectivity index (χ1) is 7.00. The van der Waals surface area contributed by atoms with Crippen molar-refractivity contribution in [3.63, 3.8) is 0 Å². The molecule has 3 N–H and O–H groups in total. The molecular formula is C10H13N3O2. The number of urea groups is 1. The molecule has 1 atom stereocenters. The van der Waals surface area contributed by atoms with Gasteiger partial charge in [-0.2, -0.15) is 0 Å². The van der Waals surface area contributed by atoms with Crippen LogP contribution in [0.1, 0.15) is 29.8 Å². The molecule has 2 heterocycles. The summed E-state index contributed by atoms with van der Waals surface area (Å²) in [6.07, 6.45) is 0. The average molecular weight is 207 g/mol. The number of carbonyl (C=O) groups excluding carboxylic acids is 1. The number of amides is 2. The Labute approximate surface area is 87.5 Å². The molecule has 15 heavy (non-hydrogen) atoms. The normalized spacial score (nSPS) is 19.1. The van der Waals surface area contributed by atoms with Crippen molar-refractivity contribution in [3.05, 3.63) is 16.8 Å². The number of aromatic nitrogens is 1. The van der Waals surface area contributed by atoms with Crippen molar-refractivity contribution in [3.8, 4) is 5.75 Å². The van der Waals surface area contributed by atoms with Crippen LogP contribution in [-0.2, 0) is 0 Å². The predicted molar refractivity (Wildman–Crippen MR) is 55.9 cm³/mol. The Morgan fingerprint density at radius 2 is 2.07 bits per heavy atom. The van der Waals surface area contributed by atoms with E-state index in [0.717, 1.165) is 11.1 Å². The molecule has 0 radical (unpaired) electrons. The summed E-state index contributed by atoms with van der Waals surface area (Å²) in [5.41, 5.74) is 2.14. The van der Waals surface area contributed by atoms with E-state index < -0.39 is 0 Å². The molecule has 80 valence electrons. The van der Waals surface area contributed by atoms with Crippen molar-refractivity contribution < 1.29 is 9.90 Å². The zero-order chi connectivity index (χ0) is 11.2. The maximum absolute atomic E-state index is 11.2. The molecule has 1 aliphatic heterocycles. The van der Waals surface area contributed by atoms with E-state index in [9.17, 15) is 9.90 Å². The van der Waals surface area contributed by atoms with Gasteiger partial charge in [0.1, 0.15) is 11.6 Å². The van der Waals surface area contributed by atoms with Crippen LogP contribution in [0.15, 0.2) is 0 Å². The number of nitrogens with one attached hydrogen (secondary N) is 2. The highest BCUT2D eigenvalue weighted by Gasteiger charge is 2.25. The number of aromatic hydroxyl groups is 1. The van der Waals surface area contributed by atoms with E-state index in [0.29, 0.717) is 11.5 Å². The molecule has 5 heteroatoms. The molecule has 0 fully saturated rings. The third-order valence-electron chi connectivity index (χ3n) is 2.65. The summed E-state index contributed by atoms with van der Waals surface area (Å²) >= 11 is 0. The second kappa shape index (κ2) is 3.12. The molecule has 0 bridgehead atoms. The van der Waals surface area contributed by atoms with Crippen LogP contribution in [0.25, 0.3) is 0 Å². The zero-order valence-corrected chi connectivity index (χ0v) is 8.88. The minimum absolute atomic E-state index is 0.132. The van der Waals surface area contributed by atoms with Gasteiger partial charge in [-0.25, -0.2) is 9.78 Å². The van der Waals surface area contributed by atoms with Crippen molar-refractivity contribution in [1.29, 1.82) is 0 Å². The molecule has 0 saturated carbocycles. The highest BCUT2D eigenvalue weighted by Crippen LogP contribution is 2.34. The van der Waals surface area contributed by atoms with Gasteiger partial charge in [-0.3, -0.25) is 5.32 Å². The summed E-state index contributed by atoms with van der Waals surface area (Å²) in [6.45, 7) is 5.39. The average Bonchev–Trinajstić information content (AvgIpc) is 2.13. The predicted octanol–water partition coefficient (Wildman–Crippen LogP) is 1.60. The SMILES string of the molecule is Cc1nc2c(c(C)c1O)C(C)NC(=O)N2. The van der Waals surface area contributed by atoms with E-state index in [1.807, 2.05) is 13.8 Å². The van der Waals surface area contributed by atoms with Gasteiger partial charge in [0.25, 0.3) is 0 Å². The Morgan fingerprint density at radius 3 is 2.73 bits per heavy atom. The molecule has 2 rings (SSSR count). The first kappa shape index (κ1) is 9.76. The number of pyridine rings is 1. The standard InChI is InChI=1S/C10H13N3O2/c1-4-7-5(2)12-10(15)13-9(7)11-6(3)8(4)14/h5,14H,1-3H3,(H2,11,12,13,15). The van der Waals surface area contributed by atoms with Crippen LogP contribution >= 0.6 is 0 Å². The molecular weight excluding hydrogens is 194 g/mol. The molecule has 1 unspecified atom stereocenters. The van der Waals surface area contributed by atoms with Crippen molar-refractivity contribution in [2.24, 2.45) is 0 Å². The quantitative estimate of drug-likeness (QED) is 0.605. The molecule has 0 aromatic carbocycles. The molecule has 2 amide bonds. The Bertz CT molecular complexity index is 443. The number of anilines is 1. The molecule has 0 aliphatic carbocycles. The lowest BCUT2D eigenvalue weighted by Crippen LogP contribution is -2.37. The fourth-order valence-corrected chi connectivity index (χ4v) is 1.89. The number of aryl methyl sites for hydroxylation is 1. The molecule has 1 aliphatic rings. The van der Waals surface area contributed by atoms with Crippen molar-refractivity contribution >= 4 is 11.8 Å². The largest absolute Gasteiger partial charge is 0.506 e. The van der Waals surface area contributed by atoms with Gasteiger partial charge in [-0.05, 0) is 20.8 Å². The van der Waals surface area contributed by atoms with Crippen LogP contribution in [0.3, 0.4) is 0 Å². The summed E-state index contributed by atoms with van der Waals surface area (Å²) in [5, 5.41) is 15.1. The highest BCUT2D eigenvalue weighted by atomic mass is 16.3. The fraction of sp³-hybridized carbons (Fsp3) is 0.400. The van der Waals surface area contributed by atoms with E-state index in [2.05, 4.69) is 15.6 Å². The molecule has 1 aromatic heterocycles. The molecule has 1 aromatic rings. The topological polar surface area (TPSA) is 74.2 Å². The fourth-order valence-electron chi connectivity index (χ4n) is 1.89. The Kier molecular flexibility index (Phi) is 2.03. The third-order valence-corrected chi connectivity index (χ3v) is 2.65. The van der Waals surface area contributed by atoms with Gasteiger partial charge in [-0.15, -0.1) is 0 Å². The van der Waals surface area contributed by atoms with Gasteiger partial charge >= 0.3 is 6.03 Å². The van der Waals surface area contributed by atoms with E-state index >= 15 is 0 Å².